The van der Waals surface area contributed by atoms with Crippen molar-refractivity contribution < 1.29 is 9.53 Å². The van der Waals surface area contributed by atoms with Gasteiger partial charge in [-0.05, 0) is 41.8 Å². The molecule has 1 heterocycles. The zero-order chi connectivity index (χ0) is 14.8. The van der Waals surface area contributed by atoms with Crippen LogP contribution in [0.2, 0.25) is 0 Å². The summed E-state index contributed by atoms with van der Waals surface area (Å²) < 4.78 is 6.38. The minimum atomic E-state index is -0.163. The van der Waals surface area contributed by atoms with E-state index < -0.39 is 0 Å². The van der Waals surface area contributed by atoms with E-state index in [1.807, 2.05) is 36.4 Å². The van der Waals surface area contributed by atoms with Gasteiger partial charge in [0.1, 0.15) is 5.75 Å². The van der Waals surface area contributed by atoms with Gasteiger partial charge in [0.2, 0.25) is 0 Å². The topological polar surface area (TPSA) is 38.3 Å². The quantitative estimate of drug-likeness (QED) is 0.822. The van der Waals surface area contributed by atoms with Crippen molar-refractivity contribution in [3.63, 3.8) is 0 Å². The van der Waals surface area contributed by atoms with Crippen molar-refractivity contribution in [1.82, 2.24) is 0 Å². The standard InChI is InChI=1S/C16H13BrClNO2/c17-12-3-1-2-10(6-12)7-13(18)11-4-5-15-14(8-11)19-16(20)9-21-15/h1-6,8,13H,7,9H2,(H,19,20). The van der Waals surface area contributed by atoms with Gasteiger partial charge in [-0.1, -0.05) is 34.1 Å². The van der Waals surface area contributed by atoms with Crippen molar-refractivity contribution in [2.24, 2.45) is 0 Å². The summed E-state index contributed by atoms with van der Waals surface area (Å²) in [4.78, 5) is 11.4. The van der Waals surface area contributed by atoms with Crippen LogP contribution in [0.25, 0.3) is 0 Å². The minimum Gasteiger partial charge on any atom is -0.482 e. The van der Waals surface area contributed by atoms with Gasteiger partial charge in [0.25, 0.3) is 5.91 Å². The van der Waals surface area contributed by atoms with E-state index in [4.69, 9.17) is 16.3 Å². The molecule has 2 aromatic carbocycles. The number of alkyl halides is 1. The summed E-state index contributed by atoms with van der Waals surface area (Å²) in [5.74, 6) is 0.544. The summed E-state index contributed by atoms with van der Waals surface area (Å²) in [6.45, 7) is 0.0642. The first-order valence-electron chi connectivity index (χ1n) is 6.57. The van der Waals surface area contributed by atoms with Crippen molar-refractivity contribution in [3.05, 3.63) is 58.1 Å². The SMILES string of the molecule is O=C1COc2ccc(C(Cl)Cc3cccc(Br)c3)cc2N1. The molecular weight excluding hydrogens is 354 g/mol. The predicted octanol–water partition coefficient (Wildman–Crippen LogP) is 4.30. The maximum atomic E-state index is 11.4. The van der Waals surface area contributed by atoms with Crippen molar-refractivity contribution in [2.75, 3.05) is 11.9 Å². The highest BCUT2D eigenvalue weighted by Crippen LogP contribution is 2.34. The van der Waals surface area contributed by atoms with Crippen LogP contribution >= 0.6 is 27.5 Å². The Kier molecular flexibility index (Phi) is 4.17. The Morgan fingerprint density at radius 2 is 2.14 bits per heavy atom. The summed E-state index contributed by atoms with van der Waals surface area (Å²) in [5, 5.41) is 2.63. The zero-order valence-electron chi connectivity index (χ0n) is 11.1. The molecule has 1 aliphatic heterocycles. The molecule has 3 rings (SSSR count). The maximum Gasteiger partial charge on any atom is 0.262 e. The summed E-state index contributed by atoms with van der Waals surface area (Å²) in [6.07, 6.45) is 0.717. The first-order chi connectivity index (χ1) is 10.1. The van der Waals surface area contributed by atoms with Gasteiger partial charge in [0.05, 0.1) is 11.1 Å². The monoisotopic (exact) mass is 365 g/mol. The molecule has 1 amide bonds. The summed E-state index contributed by atoms with van der Waals surface area (Å²) in [6, 6.07) is 13.7. The van der Waals surface area contributed by atoms with E-state index in [1.165, 1.54) is 0 Å². The third kappa shape index (κ3) is 3.39. The Bertz CT molecular complexity index is 690. The number of carbonyl (C=O) groups is 1. The predicted molar refractivity (Wildman–Crippen MR) is 87.0 cm³/mol. The molecule has 0 radical (unpaired) electrons. The molecule has 3 nitrogen and oxygen atoms in total. The Balaban J connectivity index is 1.80. The fourth-order valence-electron chi connectivity index (χ4n) is 2.28. The van der Waals surface area contributed by atoms with Gasteiger partial charge >= 0.3 is 0 Å². The molecular formula is C16H13BrClNO2. The average molecular weight is 367 g/mol. The molecule has 0 aromatic heterocycles. The van der Waals surface area contributed by atoms with Crippen molar-refractivity contribution in [1.29, 1.82) is 0 Å². The lowest BCUT2D eigenvalue weighted by Crippen LogP contribution is -2.25. The lowest BCUT2D eigenvalue weighted by Gasteiger charge is -2.19. The van der Waals surface area contributed by atoms with Gasteiger partial charge in [-0.3, -0.25) is 4.79 Å². The highest BCUT2D eigenvalue weighted by molar-refractivity contribution is 9.10. The summed E-state index contributed by atoms with van der Waals surface area (Å²) >= 11 is 9.96. The molecule has 21 heavy (non-hydrogen) atoms. The zero-order valence-corrected chi connectivity index (χ0v) is 13.4. The number of hydrogen-bond acceptors (Lipinski definition) is 2. The first-order valence-corrected chi connectivity index (χ1v) is 7.80. The Hall–Kier alpha value is -1.52. The van der Waals surface area contributed by atoms with Gasteiger partial charge < -0.3 is 10.1 Å². The van der Waals surface area contributed by atoms with E-state index in [9.17, 15) is 4.79 Å². The number of amides is 1. The van der Waals surface area contributed by atoms with E-state index in [1.54, 1.807) is 0 Å². The van der Waals surface area contributed by atoms with E-state index in [-0.39, 0.29) is 17.9 Å². The number of halogens is 2. The van der Waals surface area contributed by atoms with Gasteiger partial charge in [-0.25, -0.2) is 0 Å². The van der Waals surface area contributed by atoms with Crippen LogP contribution in [0.4, 0.5) is 5.69 Å². The fourth-order valence-corrected chi connectivity index (χ4v) is 3.04. The van der Waals surface area contributed by atoms with E-state index in [0.29, 0.717) is 17.9 Å². The molecule has 0 saturated carbocycles. The highest BCUT2D eigenvalue weighted by atomic mass is 79.9. The van der Waals surface area contributed by atoms with Crippen molar-refractivity contribution in [2.45, 2.75) is 11.8 Å². The number of ether oxygens (including phenoxy) is 1. The minimum absolute atomic E-state index is 0.0642. The molecule has 0 aliphatic carbocycles. The highest BCUT2D eigenvalue weighted by Gasteiger charge is 2.18. The third-order valence-corrected chi connectivity index (χ3v) is 4.20. The molecule has 0 fully saturated rings. The van der Waals surface area contributed by atoms with Gasteiger partial charge in [-0.15, -0.1) is 11.6 Å². The molecule has 1 N–H and O–H groups in total. The number of rotatable bonds is 3. The van der Waals surface area contributed by atoms with Crippen LogP contribution < -0.4 is 10.1 Å². The van der Waals surface area contributed by atoms with Gasteiger partial charge in [0, 0.05) is 4.47 Å². The number of carbonyl (C=O) groups excluding carboxylic acids is 1. The lowest BCUT2D eigenvalue weighted by atomic mass is 10.0. The van der Waals surface area contributed by atoms with Crippen LogP contribution in [0.5, 0.6) is 5.75 Å². The van der Waals surface area contributed by atoms with Gasteiger partial charge in [0.15, 0.2) is 6.61 Å². The Morgan fingerprint density at radius 1 is 1.29 bits per heavy atom. The fraction of sp³-hybridized carbons (Fsp3) is 0.188. The van der Waals surface area contributed by atoms with Crippen molar-refractivity contribution in [3.8, 4) is 5.75 Å². The summed E-state index contributed by atoms with van der Waals surface area (Å²) in [7, 11) is 0. The lowest BCUT2D eigenvalue weighted by molar-refractivity contribution is -0.118. The smallest absolute Gasteiger partial charge is 0.262 e. The normalized spacial score (nSPS) is 14.9. The molecule has 2 aromatic rings. The summed E-state index contributed by atoms with van der Waals surface area (Å²) in [5.41, 5.74) is 2.80. The molecule has 0 spiro atoms. The molecule has 1 aliphatic rings. The van der Waals surface area contributed by atoms with Crippen LogP contribution in [0.3, 0.4) is 0 Å². The van der Waals surface area contributed by atoms with Crippen LogP contribution in [-0.2, 0) is 11.2 Å². The van der Waals surface area contributed by atoms with Crippen LogP contribution in [-0.4, -0.2) is 12.5 Å². The Labute approximate surface area is 136 Å². The second-order valence-electron chi connectivity index (χ2n) is 4.89. The van der Waals surface area contributed by atoms with Gasteiger partial charge in [-0.2, -0.15) is 0 Å². The maximum absolute atomic E-state index is 11.4. The largest absolute Gasteiger partial charge is 0.482 e. The number of fused-ring (bicyclic) bond motifs is 1. The molecule has 5 heteroatoms. The van der Waals surface area contributed by atoms with Crippen LogP contribution in [0, 0.1) is 0 Å². The number of nitrogens with one attached hydrogen (secondary N) is 1. The molecule has 0 saturated heterocycles. The first kappa shape index (κ1) is 14.4. The van der Waals surface area contributed by atoms with Crippen LogP contribution in [0.15, 0.2) is 46.9 Å². The number of benzene rings is 2. The second-order valence-corrected chi connectivity index (χ2v) is 6.34. The average Bonchev–Trinajstić information content (AvgIpc) is 2.46. The Morgan fingerprint density at radius 3 is 2.95 bits per heavy atom. The van der Waals surface area contributed by atoms with E-state index in [2.05, 4.69) is 27.3 Å². The molecule has 1 atom stereocenters. The second kappa shape index (κ2) is 6.08. The molecule has 0 bridgehead atoms. The van der Waals surface area contributed by atoms with E-state index in [0.717, 1.165) is 15.6 Å². The molecule has 1 unspecified atom stereocenters. The molecule has 108 valence electrons. The van der Waals surface area contributed by atoms with Crippen LogP contribution in [0.1, 0.15) is 16.5 Å². The van der Waals surface area contributed by atoms with Crippen molar-refractivity contribution >= 4 is 39.1 Å². The number of anilines is 1. The van der Waals surface area contributed by atoms with E-state index >= 15 is 0 Å². The third-order valence-electron chi connectivity index (χ3n) is 3.30. The number of hydrogen-bond donors (Lipinski definition) is 1.